The first-order valence-corrected chi connectivity index (χ1v) is 9.16. The highest BCUT2D eigenvalue weighted by Crippen LogP contribution is 2.35. The van der Waals surface area contributed by atoms with E-state index in [0.29, 0.717) is 12.0 Å². The number of aryl methyl sites for hydroxylation is 1. The molecule has 4 heterocycles. The zero-order chi connectivity index (χ0) is 14.4. The Balaban J connectivity index is 1.50. The predicted molar refractivity (Wildman–Crippen MR) is 85.8 cm³/mol. The van der Waals surface area contributed by atoms with Crippen molar-refractivity contribution >= 4 is 17.2 Å². The van der Waals surface area contributed by atoms with Crippen molar-refractivity contribution in [2.75, 3.05) is 26.2 Å². The van der Waals surface area contributed by atoms with Crippen molar-refractivity contribution in [3.63, 3.8) is 0 Å². The molecule has 114 valence electrons. The van der Waals surface area contributed by atoms with Crippen LogP contribution in [0.5, 0.6) is 0 Å². The molecule has 2 bridgehead atoms. The molecule has 1 aromatic heterocycles. The summed E-state index contributed by atoms with van der Waals surface area (Å²) in [5, 5.41) is 2.04. The summed E-state index contributed by atoms with van der Waals surface area (Å²) in [7, 11) is 0. The van der Waals surface area contributed by atoms with Crippen LogP contribution < -0.4 is 0 Å². The lowest BCUT2D eigenvalue weighted by Crippen LogP contribution is -2.45. The topological polar surface area (TPSA) is 23.6 Å². The third-order valence-electron chi connectivity index (χ3n) is 5.36. The summed E-state index contributed by atoms with van der Waals surface area (Å²) in [5.74, 6) is 1.91. The Kier molecular flexibility index (Phi) is 3.54. The number of fused-ring (bicyclic) bond motifs is 4. The summed E-state index contributed by atoms with van der Waals surface area (Å²) in [4.78, 5) is 18.6. The molecule has 0 aromatic carbocycles. The molecule has 0 unspecified atom stereocenters. The molecule has 4 aliphatic rings. The van der Waals surface area contributed by atoms with Crippen molar-refractivity contribution in [3.8, 4) is 0 Å². The summed E-state index contributed by atoms with van der Waals surface area (Å²) in [6, 6.07) is 2.66. The molecule has 3 nitrogen and oxygen atoms in total. The molecule has 4 heteroatoms. The second-order valence-corrected chi connectivity index (χ2v) is 8.05. The zero-order valence-corrected chi connectivity index (χ0v) is 13.6. The number of amides is 1. The molecular weight excluding hydrogens is 280 g/mol. The predicted octanol–water partition coefficient (Wildman–Crippen LogP) is 3.00. The van der Waals surface area contributed by atoms with E-state index in [1.807, 2.05) is 5.38 Å². The maximum Gasteiger partial charge on any atom is 0.264 e. The van der Waals surface area contributed by atoms with Crippen LogP contribution in [0.2, 0.25) is 0 Å². The third-order valence-corrected chi connectivity index (χ3v) is 6.36. The molecule has 0 spiro atoms. The van der Waals surface area contributed by atoms with Crippen LogP contribution in [-0.4, -0.2) is 47.9 Å². The van der Waals surface area contributed by atoms with Gasteiger partial charge in [0.15, 0.2) is 0 Å². The van der Waals surface area contributed by atoms with Crippen molar-refractivity contribution in [3.05, 3.63) is 21.9 Å². The van der Waals surface area contributed by atoms with Gasteiger partial charge in [-0.3, -0.25) is 9.69 Å². The van der Waals surface area contributed by atoms with E-state index < -0.39 is 0 Å². The maximum absolute atomic E-state index is 12.8. The first-order valence-electron chi connectivity index (χ1n) is 8.28. The van der Waals surface area contributed by atoms with Gasteiger partial charge in [-0.15, -0.1) is 11.3 Å². The van der Waals surface area contributed by atoms with E-state index in [4.69, 9.17) is 0 Å². The number of thiophene rings is 1. The van der Waals surface area contributed by atoms with Gasteiger partial charge in [0.2, 0.25) is 0 Å². The smallest absolute Gasteiger partial charge is 0.264 e. The minimum absolute atomic E-state index is 0.271. The van der Waals surface area contributed by atoms with Crippen LogP contribution in [-0.2, 0) is 0 Å². The normalized spacial score (nSPS) is 29.7. The van der Waals surface area contributed by atoms with Gasteiger partial charge >= 0.3 is 0 Å². The number of carbonyl (C=O) groups excluding carboxylic acids is 1. The molecule has 5 rings (SSSR count). The number of carbonyl (C=O) groups is 1. The second-order valence-electron chi connectivity index (χ2n) is 7.14. The van der Waals surface area contributed by atoms with Crippen molar-refractivity contribution in [1.82, 2.24) is 9.80 Å². The molecular formula is C17H24N2OS. The molecule has 4 fully saturated rings. The van der Waals surface area contributed by atoms with Gasteiger partial charge in [0.25, 0.3) is 5.91 Å². The van der Waals surface area contributed by atoms with Gasteiger partial charge in [-0.25, -0.2) is 0 Å². The lowest BCUT2D eigenvalue weighted by Gasteiger charge is -2.36. The minimum atomic E-state index is 0.271. The van der Waals surface area contributed by atoms with Crippen LogP contribution in [0, 0.1) is 18.8 Å². The van der Waals surface area contributed by atoms with Crippen molar-refractivity contribution in [2.45, 2.75) is 38.6 Å². The lowest BCUT2D eigenvalue weighted by atomic mass is 9.95. The Morgan fingerprint density at radius 2 is 2.10 bits per heavy atom. The van der Waals surface area contributed by atoms with Gasteiger partial charge in [-0.1, -0.05) is 0 Å². The van der Waals surface area contributed by atoms with Gasteiger partial charge in [-0.05, 0) is 61.5 Å². The van der Waals surface area contributed by atoms with E-state index >= 15 is 0 Å². The fourth-order valence-electron chi connectivity index (χ4n) is 3.94. The molecule has 3 saturated heterocycles. The van der Waals surface area contributed by atoms with Crippen LogP contribution in [0.15, 0.2) is 11.4 Å². The molecule has 21 heavy (non-hydrogen) atoms. The van der Waals surface area contributed by atoms with E-state index in [1.54, 1.807) is 11.3 Å². The van der Waals surface area contributed by atoms with E-state index in [-0.39, 0.29) is 5.91 Å². The van der Waals surface area contributed by atoms with Crippen molar-refractivity contribution < 1.29 is 4.79 Å². The Labute approximate surface area is 130 Å². The quantitative estimate of drug-likeness (QED) is 0.857. The fourth-order valence-corrected chi connectivity index (χ4v) is 4.83. The van der Waals surface area contributed by atoms with E-state index in [2.05, 4.69) is 22.8 Å². The Morgan fingerprint density at radius 3 is 2.81 bits per heavy atom. The number of hydrogen-bond acceptors (Lipinski definition) is 3. The molecule has 1 aromatic rings. The molecule has 1 aliphatic carbocycles. The average molecular weight is 304 g/mol. The first kappa shape index (κ1) is 13.8. The molecule has 0 N–H and O–H groups in total. The van der Waals surface area contributed by atoms with Crippen molar-refractivity contribution in [1.29, 1.82) is 0 Å². The zero-order valence-electron chi connectivity index (χ0n) is 12.8. The van der Waals surface area contributed by atoms with Crippen LogP contribution in [0.25, 0.3) is 0 Å². The van der Waals surface area contributed by atoms with Gasteiger partial charge in [0.05, 0.1) is 4.88 Å². The molecule has 1 saturated carbocycles. The number of nitrogens with zero attached hydrogens (tertiary/aromatic N) is 2. The molecule has 0 radical (unpaired) electrons. The number of rotatable bonds is 3. The van der Waals surface area contributed by atoms with Crippen LogP contribution >= 0.6 is 11.3 Å². The summed E-state index contributed by atoms with van der Waals surface area (Å²) in [6.07, 6.45) is 5.43. The summed E-state index contributed by atoms with van der Waals surface area (Å²) < 4.78 is 0. The largest absolute Gasteiger partial charge is 0.336 e. The molecule has 1 amide bonds. The summed E-state index contributed by atoms with van der Waals surface area (Å²) in [6.45, 7) is 6.46. The van der Waals surface area contributed by atoms with Crippen molar-refractivity contribution in [2.24, 2.45) is 11.8 Å². The van der Waals surface area contributed by atoms with Gasteiger partial charge in [-0.2, -0.15) is 0 Å². The molecule has 3 aliphatic heterocycles. The van der Waals surface area contributed by atoms with Gasteiger partial charge in [0, 0.05) is 32.2 Å². The maximum atomic E-state index is 12.8. The highest BCUT2D eigenvalue weighted by atomic mass is 32.1. The number of piperidine rings is 1. The van der Waals surface area contributed by atoms with E-state index in [0.717, 1.165) is 29.4 Å². The second kappa shape index (κ2) is 5.40. The highest BCUT2D eigenvalue weighted by molar-refractivity contribution is 7.12. The Hall–Kier alpha value is -0.870. The van der Waals surface area contributed by atoms with Gasteiger partial charge < -0.3 is 4.90 Å². The van der Waals surface area contributed by atoms with E-state index in [1.165, 1.54) is 38.8 Å². The fraction of sp³-hybridized carbons (Fsp3) is 0.706. The first-order chi connectivity index (χ1) is 10.2. The Bertz CT molecular complexity index is 537. The van der Waals surface area contributed by atoms with Crippen LogP contribution in [0.3, 0.4) is 0 Å². The lowest BCUT2D eigenvalue weighted by molar-refractivity contribution is 0.0741. The monoisotopic (exact) mass is 304 g/mol. The Morgan fingerprint density at radius 1 is 1.24 bits per heavy atom. The average Bonchev–Trinajstić information content (AvgIpc) is 3.24. The SMILES string of the molecule is Cc1ccsc1C(=O)N1C[C@@H]2CC[C@H](C1)N(CC1CC1)C2. The molecule has 2 atom stereocenters. The van der Waals surface area contributed by atoms with Gasteiger partial charge in [0.1, 0.15) is 0 Å². The highest BCUT2D eigenvalue weighted by Gasteiger charge is 2.38. The van der Waals surface area contributed by atoms with Crippen LogP contribution in [0.4, 0.5) is 0 Å². The minimum Gasteiger partial charge on any atom is -0.336 e. The van der Waals surface area contributed by atoms with E-state index in [9.17, 15) is 4.79 Å². The number of hydrogen-bond donors (Lipinski definition) is 0. The summed E-state index contributed by atoms with van der Waals surface area (Å²) in [5.41, 5.74) is 1.14. The standard InChI is InChI=1S/C17H24N2OS/c1-12-6-7-21-16(12)17(20)19-10-14-4-5-15(11-19)18(9-14)8-13-2-3-13/h6-7,13-15H,2-5,8-11H2,1H3/t14-,15-/m1/s1. The van der Waals surface area contributed by atoms with Crippen LogP contribution in [0.1, 0.15) is 40.9 Å². The third kappa shape index (κ3) is 2.76. The summed E-state index contributed by atoms with van der Waals surface area (Å²) >= 11 is 1.60.